The van der Waals surface area contributed by atoms with Gasteiger partial charge in [-0.15, -0.1) is 0 Å². The Bertz CT molecular complexity index is 1010. The normalized spacial score (nSPS) is 17.9. The highest BCUT2D eigenvalue weighted by Gasteiger charge is 2.34. The van der Waals surface area contributed by atoms with E-state index < -0.39 is 17.8 Å². The van der Waals surface area contributed by atoms with Crippen LogP contribution in [0.25, 0.3) is 11.6 Å². The van der Waals surface area contributed by atoms with Crippen molar-refractivity contribution in [3.05, 3.63) is 65.2 Å². The molecule has 0 atom stereocenters. The lowest BCUT2D eigenvalue weighted by Gasteiger charge is -2.29. The number of morpholine rings is 1. The van der Waals surface area contributed by atoms with E-state index in [-0.39, 0.29) is 13.0 Å². The lowest BCUT2D eigenvalue weighted by atomic mass is 9.92. The highest BCUT2D eigenvalue weighted by Crippen LogP contribution is 2.31. The first-order valence-corrected chi connectivity index (χ1v) is 9.86. The van der Waals surface area contributed by atoms with E-state index >= 15 is 0 Å². The molecule has 2 aromatic rings. The SMILES string of the molecule is O=C(O)CCN1C(=O)/C(=C\c2ccc(N3CCOCC3)cc2)c2ccccc2C1=O. The molecule has 2 heterocycles. The first-order chi connectivity index (χ1) is 14.5. The van der Waals surface area contributed by atoms with Crippen LogP contribution in [0.15, 0.2) is 48.5 Å². The largest absolute Gasteiger partial charge is 0.481 e. The van der Waals surface area contributed by atoms with Gasteiger partial charge >= 0.3 is 5.97 Å². The molecule has 1 N–H and O–H groups in total. The fourth-order valence-electron chi connectivity index (χ4n) is 3.72. The number of hydrogen-bond donors (Lipinski definition) is 1. The molecule has 0 aromatic heterocycles. The number of carboxylic acids is 1. The van der Waals surface area contributed by atoms with E-state index in [4.69, 9.17) is 9.84 Å². The van der Waals surface area contributed by atoms with Crippen LogP contribution in [-0.4, -0.2) is 60.6 Å². The Kier molecular flexibility index (Phi) is 5.63. The Hall–Kier alpha value is -3.45. The predicted molar refractivity (Wildman–Crippen MR) is 112 cm³/mol. The summed E-state index contributed by atoms with van der Waals surface area (Å²) in [6.07, 6.45) is 1.46. The molecule has 4 rings (SSSR count). The van der Waals surface area contributed by atoms with Gasteiger partial charge in [-0.1, -0.05) is 30.3 Å². The van der Waals surface area contributed by atoms with E-state index in [1.807, 2.05) is 24.3 Å². The summed E-state index contributed by atoms with van der Waals surface area (Å²) in [5.41, 5.74) is 3.27. The molecule has 1 fully saturated rings. The molecule has 0 aliphatic carbocycles. The van der Waals surface area contributed by atoms with Crippen molar-refractivity contribution in [3.63, 3.8) is 0 Å². The number of anilines is 1. The molecule has 0 unspecified atom stereocenters. The lowest BCUT2D eigenvalue weighted by molar-refractivity contribution is -0.137. The average Bonchev–Trinajstić information content (AvgIpc) is 2.77. The van der Waals surface area contributed by atoms with Crippen LogP contribution < -0.4 is 4.90 Å². The van der Waals surface area contributed by atoms with E-state index in [0.29, 0.717) is 29.9 Å². The molecule has 1 saturated heterocycles. The maximum atomic E-state index is 13.1. The van der Waals surface area contributed by atoms with Crippen molar-refractivity contribution in [2.45, 2.75) is 6.42 Å². The van der Waals surface area contributed by atoms with Gasteiger partial charge < -0.3 is 14.7 Å². The number of benzene rings is 2. The Morgan fingerprint density at radius 1 is 0.967 bits per heavy atom. The van der Waals surface area contributed by atoms with E-state index in [0.717, 1.165) is 29.2 Å². The fourth-order valence-corrected chi connectivity index (χ4v) is 3.72. The number of fused-ring (bicyclic) bond motifs is 1. The van der Waals surface area contributed by atoms with Gasteiger partial charge in [0.05, 0.1) is 19.6 Å². The van der Waals surface area contributed by atoms with Crippen LogP contribution in [0.3, 0.4) is 0 Å². The number of amides is 2. The van der Waals surface area contributed by atoms with Crippen molar-refractivity contribution in [1.82, 2.24) is 4.90 Å². The number of carbonyl (C=O) groups is 3. The van der Waals surface area contributed by atoms with E-state index in [2.05, 4.69) is 4.90 Å². The average molecular weight is 406 g/mol. The van der Waals surface area contributed by atoms with Gasteiger partial charge in [-0.25, -0.2) is 0 Å². The molecule has 154 valence electrons. The molecule has 2 aromatic carbocycles. The van der Waals surface area contributed by atoms with Crippen LogP contribution in [-0.2, 0) is 14.3 Å². The maximum Gasteiger partial charge on any atom is 0.305 e. The molecular weight excluding hydrogens is 384 g/mol. The van der Waals surface area contributed by atoms with E-state index in [1.54, 1.807) is 30.3 Å². The second-order valence-corrected chi connectivity index (χ2v) is 7.20. The highest BCUT2D eigenvalue weighted by molar-refractivity contribution is 6.33. The molecule has 0 saturated carbocycles. The molecule has 7 nitrogen and oxygen atoms in total. The number of carboxylic acid groups (broad SMARTS) is 1. The minimum Gasteiger partial charge on any atom is -0.481 e. The summed E-state index contributed by atoms with van der Waals surface area (Å²) >= 11 is 0. The number of imide groups is 1. The molecule has 30 heavy (non-hydrogen) atoms. The smallest absolute Gasteiger partial charge is 0.305 e. The number of rotatable bonds is 5. The predicted octanol–water partition coefficient (Wildman–Crippen LogP) is 2.52. The van der Waals surface area contributed by atoms with E-state index in [1.165, 1.54) is 0 Å². The van der Waals surface area contributed by atoms with Gasteiger partial charge in [0.15, 0.2) is 0 Å². The van der Waals surface area contributed by atoms with Crippen molar-refractivity contribution in [2.75, 3.05) is 37.7 Å². The van der Waals surface area contributed by atoms with Gasteiger partial charge in [-0.3, -0.25) is 19.3 Å². The Morgan fingerprint density at radius 3 is 2.30 bits per heavy atom. The number of nitrogens with zero attached hydrogens (tertiary/aromatic N) is 2. The van der Waals surface area contributed by atoms with Crippen LogP contribution in [0.1, 0.15) is 27.9 Å². The first-order valence-electron chi connectivity index (χ1n) is 9.86. The zero-order chi connectivity index (χ0) is 21.1. The third kappa shape index (κ3) is 3.97. The number of ether oxygens (including phenoxy) is 1. The summed E-state index contributed by atoms with van der Waals surface area (Å²) in [5, 5.41) is 8.97. The molecule has 2 aliphatic rings. The topological polar surface area (TPSA) is 87.2 Å². The third-order valence-electron chi connectivity index (χ3n) is 5.30. The number of hydrogen-bond acceptors (Lipinski definition) is 5. The zero-order valence-electron chi connectivity index (χ0n) is 16.4. The fraction of sp³-hybridized carbons (Fsp3) is 0.261. The van der Waals surface area contributed by atoms with Crippen molar-refractivity contribution >= 4 is 35.1 Å². The summed E-state index contributed by atoms with van der Waals surface area (Å²) in [6, 6.07) is 14.8. The van der Waals surface area contributed by atoms with E-state index in [9.17, 15) is 14.4 Å². The Morgan fingerprint density at radius 2 is 1.63 bits per heavy atom. The number of aliphatic carboxylic acids is 1. The van der Waals surface area contributed by atoms with Gasteiger partial charge in [-0.05, 0) is 35.4 Å². The van der Waals surface area contributed by atoms with Gasteiger partial charge in [-0.2, -0.15) is 0 Å². The summed E-state index contributed by atoms with van der Waals surface area (Å²) in [6.45, 7) is 2.93. The highest BCUT2D eigenvalue weighted by atomic mass is 16.5. The monoisotopic (exact) mass is 406 g/mol. The summed E-state index contributed by atoms with van der Waals surface area (Å²) in [7, 11) is 0. The van der Waals surface area contributed by atoms with Gasteiger partial charge in [0.1, 0.15) is 0 Å². The quantitative estimate of drug-likeness (QED) is 0.607. The standard InChI is InChI=1S/C23H22N2O5/c26-21(27)9-10-25-22(28)19-4-2-1-3-18(19)20(23(25)29)15-16-5-7-17(8-6-16)24-11-13-30-14-12-24/h1-8,15H,9-14H2,(H,26,27)/b20-15-. The van der Waals surface area contributed by atoms with Crippen LogP contribution in [0.2, 0.25) is 0 Å². The van der Waals surface area contributed by atoms with Gasteiger partial charge in [0.25, 0.3) is 11.8 Å². The van der Waals surface area contributed by atoms with Crippen LogP contribution >= 0.6 is 0 Å². The van der Waals surface area contributed by atoms with Crippen molar-refractivity contribution < 1.29 is 24.2 Å². The van der Waals surface area contributed by atoms with Crippen molar-refractivity contribution in [3.8, 4) is 0 Å². The maximum absolute atomic E-state index is 13.1. The molecule has 2 aliphatic heterocycles. The second kappa shape index (κ2) is 8.51. The first kappa shape index (κ1) is 19.8. The minimum absolute atomic E-state index is 0.158. The van der Waals surface area contributed by atoms with Crippen LogP contribution in [0, 0.1) is 0 Å². The summed E-state index contributed by atoms with van der Waals surface area (Å²) in [5.74, 6) is -1.99. The van der Waals surface area contributed by atoms with Gasteiger partial charge in [0, 0.05) is 36.5 Å². The van der Waals surface area contributed by atoms with Crippen molar-refractivity contribution in [1.29, 1.82) is 0 Å². The van der Waals surface area contributed by atoms with Gasteiger partial charge in [0.2, 0.25) is 0 Å². The summed E-state index contributed by atoms with van der Waals surface area (Å²) in [4.78, 5) is 40.0. The zero-order valence-corrected chi connectivity index (χ0v) is 16.4. The molecule has 2 amide bonds. The summed E-state index contributed by atoms with van der Waals surface area (Å²) < 4.78 is 5.39. The second-order valence-electron chi connectivity index (χ2n) is 7.20. The Balaban J connectivity index is 1.66. The molecular formula is C23H22N2O5. The van der Waals surface area contributed by atoms with Crippen molar-refractivity contribution in [2.24, 2.45) is 0 Å². The molecule has 0 radical (unpaired) electrons. The Labute approximate surface area is 174 Å². The number of carbonyl (C=O) groups excluding carboxylic acids is 2. The molecule has 0 spiro atoms. The van der Waals surface area contributed by atoms with Crippen LogP contribution in [0.5, 0.6) is 0 Å². The van der Waals surface area contributed by atoms with Crippen LogP contribution in [0.4, 0.5) is 5.69 Å². The third-order valence-corrected chi connectivity index (χ3v) is 5.30. The molecule has 0 bridgehead atoms. The minimum atomic E-state index is -1.06. The lowest BCUT2D eigenvalue weighted by Crippen LogP contribution is -2.42. The molecule has 7 heteroatoms.